The molecule has 17 heavy (non-hydrogen) atoms. The standard InChI is InChI=1S/C10H8ClN3O3/c11-5-8-9(10(12)15)14(17)7-4-2-1-3-6(7)13(8)16/h1-4H,5H2,(H2,12,15). The number of amides is 1. The van der Waals surface area contributed by atoms with Gasteiger partial charge in [0, 0.05) is 11.0 Å². The molecule has 6 nitrogen and oxygen atoms in total. The van der Waals surface area contributed by atoms with Crippen molar-refractivity contribution >= 4 is 28.5 Å². The molecule has 0 spiro atoms. The lowest BCUT2D eigenvalue weighted by atomic mass is 10.2. The Morgan fingerprint density at radius 1 is 1.47 bits per heavy atom. The first-order valence-electron chi connectivity index (χ1n) is 4.70. The largest absolute Gasteiger partial charge is 0.805 e. The van der Waals surface area contributed by atoms with Gasteiger partial charge < -0.3 is 15.7 Å². The van der Waals surface area contributed by atoms with Crippen molar-refractivity contribution in [3.63, 3.8) is 0 Å². The van der Waals surface area contributed by atoms with E-state index in [1.54, 1.807) is 12.1 Å². The van der Waals surface area contributed by atoms with E-state index in [2.05, 4.69) is 0 Å². The minimum Gasteiger partial charge on any atom is -0.805 e. The number of nitrogens with zero attached hydrogens (tertiary/aromatic N) is 2. The molecule has 0 saturated carbocycles. The number of primary amides is 1. The predicted octanol–water partition coefficient (Wildman–Crippen LogP) is 0.739. The number of carbonyl (C=O) groups is 1. The molecular weight excluding hydrogens is 246 g/mol. The summed E-state index contributed by atoms with van der Waals surface area (Å²) < 4.78 is 0.792. The molecule has 0 radical (unpaired) electrons. The van der Waals surface area contributed by atoms with Crippen molar-refractivity contribution in [3.05, 3.63) is 45.8 Å². The van der Waals surface area contributed by atoms with Crippen LogP contribution in [0.2, 0.25) is 0 Å². The van der Waals surface area contributed by atoms with Crippen LogP contribution in [0.1, 0.15) is 16.2 Å². The number of alkyl halides is 1. The summed E-state index contributed by atoms with van der Waals surface area (Å²) in [6.45, 7) is 0. The summed E-state index contributed by atoms with van der Waals surface area (Å²) in [6.07, 6.45) is 0. The van der Waals surface area contributed by atoms with Gasteiger partial charge in [-0.25, -0.2) is 0 Å². The van der Waals surface area contributed by atoms with E-state index in [4.69, 9.17) is 17.3 Å². The van der Waals surface area contributed by atoms with Crippen molar-refractivity contribution in [1.29, 1.82) is 0 Å². The van der Waals surface area contributed by atoms with Crippen LogP contribution in [0.5, 0.6) is 0 Å². The Morgan fingerprint density at radius 3 is 2.71 bits per heavy atom. The second kappa shape index (κ2) is 4.06. The van der Waals surface area contributed by atoms with Crippen LogP contribution in [0.3, 0.4) is 0 Å². The van der Waals surface area contributed by atoms with E-state index in [9.17, 15) is 14.9 Å². The van der Waals surface area contributed by atoms with Crippen LogP contribution >= 0.6 is 11.6 Å². The highest BCUT2D eigenvalue weighted by Crippen LogP contribution is 2.15. The van der Waals surface area contributed by atoms with Crippen molar-refractivity contribution in [2.24, 2.45) is 5.73 Å². The average molecular weight is 254 g/mol. The summed E-state index contributed by atoms with van der Waals surface area (Å²) in [5.74, 6) is -1.25. The number of carbonyl (C=O) groups excluding carboxylic acids is 1. The molecule has 0 unspecified atom stereocenters. The molecule has 2 aromatic rings. The van der Waals surface area contributed by atoms with E-state index >= 15 is 0 Å². The topological polar surface area (TPSA) is 94.1 Å². The van der Waals surface area contributed by atoms with E-state index in [0.717, 1.165) is 0 Å². The smallest absolute Gasteiger partial charge is 0.347 e. The van der Waals surface area contributed by atoms with Crippen molar-refractivity contribution in [2.75, 3.05) is 0 Å². The highest BCUT2D eigenvalue weighted by Gasteiger charge is 2.26. The molecular formula is C10H8ClN3O3. The Balaban J connectivity index is 3.05. The number of hydrogen-bond donors (Lipinski definition) is 1. The molecule has 0 aliphatic heterocycles. The molecule has 1 aromatic carbocycles. The van der Waals surface area contributed by atoms with Crippen molar-refractivity contribution in [1.82, 2.24) is 4.73 Å². The maximum atomic E-state index is 11.9. The Labute approximate surface area is 100 Å². The van der Waals surface area contributed by atoms with Gasteiger partial charge in [0.25, 0.3) is 5.52 Å². The summed E-state index contributed by atoms with van der Waals surface area (Å²) >= 11 is 5.57. The lowest BCUT2D eigenvalue weighted by Crippen LogP contribution is -2.34. The van der Waals surface area contributed by atoms with Crippen molar-refractivity contribution in [3.8, 4) is 0 Å². The highest BCUT2D eigenvalue weighted by molar-refractivity contribution is 6.17. The van der Waals surface area contributed by atoms with E-state index in [1.807, 2.05) is 0 Å². The van der Waals surface area contributed by atoms with Crippen LogP contribution in [0.25, 0.3) is 11.0 Å². The average Bonchev–Trinajstić information content (AvgIpc) is 2.33. The number of halogens is 1. The third-order valence-corrected chi connectivity index (χ3v) is 2.65. The highest BCUT2D eigenvalue weighted by atomic mass is 35.5. The summed E-state index contributed by atoms with van der Waals surface area (Å²) in [7, 11) is 0. The van der Waals surface area contributed by atoms with Gasteiger partial charge in [-0.3, -0.25) is 4.79 Å². The SMILES string of the molecule is NC(=O)c1c(CCl)n([O-])c2ccccc2[n+]1=O. The lowest BCUT2D eigenvalue weighted by molar-refractivity contribution is -0.468. The van der Waals surface area contributed by atoms with E-state index in [-0.39, 0.29) is 22.6 Å². The summed E-state index contributed by atoms with van der Waals surface area (Å²) in [6, 6.07) is 6.10. The zero-order chi connectivity index (χ0) is 12.6. The van der Waals surface area contributed by atoms with Gasteiger partial charge in [-0.15, -0.1) is 11.6 Å². The number of para-hydroxylation sites is 2. The number of hydrogen-bond acceptors (Lipinski definition) is 3. The number of fused-ring (bicyclic) bond motifs is 1. The minimum atomic E-state index is -0.981. The Morgan fingerprint density at radius 2 is 2.12 bits per heavy atom. The quantitative estimate of drug-likeness (QED) is 0.632. The third kappa shape index (κ3) is 1.62. The normalized spacial score (nSPS) is 10.6. The maximum Gasteiger partial charge on any atom is 0.347 e. The van der Waals surface area contributed by atoms with Gasteiger partial charge >= 0.3 is 11.6 Å². The maximum absolute atomic E-state index is 11.9. The van der Waals surface area contributed by atoms with Crippen LogP contribution in [-0.4, -0.2) is 10.6 Å². The third-order valence-electron chi connectivity index (χ3n) is 2.40. The van der Waals surface area contributed by atoms with Gasteiger partial charge in [0.15, 0.2) is 0 Å². The van der Waals surface area contributed by atoms with Gasteiger partial charge in [-0.2, -0.15) is 0 Å². The Hall–Kier alpha value is -2.08. The van der Waals surface area contributed by atoms with Crippen LogP contribution in [0, 0.1) is 10.1 Å². The number of nitrogens with two attached hydrogens (primary N) is 1. The Kier molecular flexibility index (Phi) is 2.72. The zero-order valence-electron chi connectivity index (χ0n) is 8.59. The fourth-order valence-corrected chi connectivity index (χ4v) is 1.88. The molecule has 1 heterocycles. The molecule has 0 atom stereocenters. The van der Waals surface area contributed by atoms with Crippen molar-refractivity contribution < 1.29 is 9.22 Å². The summed E-state index contributed by atoms with van der Waals surface area (Å²) in [5.41, 5.74) is 4.73. The van der Waals surface area contributed by atoms with E-state index < -0.39 is 11.6 Å². The molecule has 2 rings (SSSR count). The zero-order valence-corrected chi connectivity index (χ0v) is 9.35. The molecule has 0 aliphatic rings. The molecule has 0 bridgehead atoms. The van der Waals surface area contributed by atoms with Crippen LogP contribution in [0.4, 0.5) is 0 Å². The van der Waals surface area contributed by atoms with Crippen molar-refractivity contribution in [2.45, 2.75) is 5.88 Å². The Bertz CT molecular complexity index is 666. The van der Waals surface area contributed by atoms with Gasteiger partial charge in [0.1, 0.15) is 11.2 Å². The van der Waals surface area contributed by atoms with Gasteiger partial charge in [0.05, 0.1) is 10.3 Å². The molecule has 0 fully saturated rings. The minimum absolute atomic E-state index is 0.0742. The second-order valence-electron chi connectivity index (χ2n) is 3.37. The fourth-order valence-electron chi connectivity index (χ4n) is 1.65. The number of aromatic nitrogens is 2. The van der Waals surface area contributed by atoms with Crippen LogP contribution in [-0.2, 0) is 5.88 Å². The fraction of sp³-hybridized carbons (Fsp3) is 0.100. The molecule has 88 valence electrons. The monoisotopic (exact) mass is 253 g/mol. The van der Waals surface area contributed by atoms with E-state index in [1.165, 1.54) is 12.1 Å². The molecule has 0 saturated heterocycles. The molecule has 0 aliphatic carbocycles. The van der Waals surface area contributed by atoms with Gasteiger partial charge in [0.2, 0.25) is 0 Å². The molecule has 2 N–H and O–H groups in total. The summed E-state index contributed by atoms with van der Waals surface area (Å²) in [4.78, 5) is 23.1. The van der Waals surface area contributed by atoms with Gasteiger partial charge in [-0.1, -0.05) is 12.1 Å². The first kappa shape index (κ1) is 11.4. The van der Waals surface area contributed by atoms with E-state index in [0.29, 0.717) is 9.16 Å². The first-order valence-corrected chi connectivity index (χ1v) is 5.24. The second-order valence-corrected chi connectivity index (χ2v) is 3.64. The van der Waals surface area contributed by atoms with Crippen LogP contribution in [0.15, 0.2) is 24.3 Å². The predicted molar refractivity (Wildman–Crippen MR) is 62.1 cm³/mol. The summed E-state index contributed by atoms with van der Waals surface area (Å²) in [5, 5.41) is 11.9. The van der Waals surface area contributed by atoms with Gasteiger partial charge in [-0.05, 0) is 6.07 Å². The first-order chi connectivity index (χ1) is 8.07. The molecule has 7 heteroatoms. The number of rotatable bonds is 2. The molecule has 1 amide bonds. The number of benzene rings is 1. The van der Waals surface area contributed by atoms with Crippen LogP contribution < -0.4 is 10.2 Å². The molecule has 1 aromatic heterocycles. The lowest BCUT2D eigenvalue weighted by Gasteiger charge is -2.16.